The van der Waals surface area contributed by atoms with Crippen molar-refractivity contribution in [1.29, 1.82) is 0 Å². The summed E-state index contributed by atoms with van der Waals surface area (Å²) in [7, 11) is 1.89. The number of rotatable bonds is 0. The average molecular weight is 136 g/mol. The summed E-state index contributed by atoms with van der Waals surface area (Å²) in [6.45, 7) is 1.87. The van der Waals surface area contributed by atoms with Crippen molar-refractivity contribution in [3.8, 4) is 0 Å². The second-order valence-corrected chi connectivity index (χ2v) is 2.53. The lowest BCUT2D eigenvalue weighted by Gasteiger charge is -2.08. The van der Waals surface area contributed by atoms with E-state index in [0.29, 0.717) is 0 Å². The van der Waals surface area contributed by atoms with Crippen LogP contribution >= 0.6 is 0 Å². The van der Waals surface area contributed by atoms with Gasteiger partial charge in [-0.3, -0.25) is 0 Å². The summed E-state index contributed by atoms with van der Waals surface area (Å²) in [6, 6.07) is 0. The van der Waals surface area contributed by atoms with E-state index in [0.717, 1.165) is 36.8 Å². The first-order chi connectivity index (χ1) is 4.86. The molecule has 10 heavy (non-hydrogen) atoms. The van der Waals surface area contributed by atoms with Crippen molar-refractivity contribution in [3.63, 3.8) is 0 Å². The first-order valence-corrected chi connectivity index (χ1v) is 3.52. The molecule has 0 atom stereocenters. The molecule has 1 aliphatic heterocycles. The first kappa shape index (κ1) is 5.98. The van der Waals surface area contributed by atoms with Crippen molar-refractivity contribution in [1.82, 2.24) is 10.3 Å². The third-order valence-corrected chi connectivity index (χ3v) is 1.71. The van der Waals surface area contributed by atoms with Gasteiger partial charge in [-0.15, -0.1) is 0 Å². The van der Waals surface area contributed by atoms with Crippen LogP contribution in [0.5, 0.6) is 0 Å². The van der Waals surface area contributed by atoms with Gasteiger partial charge in [0, 0.05) is 13.0 Å². The average Bonchev–Trinajstić information content (AvgIpc) is 2.27. The molecule has 2 rings (SSSR count). The Morgan fingerprint density at radius 1 is 1.60 bits per heavy atom. The van der Waals surface area contributed by atoms with E-state index in [2.05, 4.69) is 10.3 Å². The summed E-state index contributed by atoms with van der Waals surface area (Å²) in [4.78, 5) is 4.24. The van der Waals surface area contributed by atoms with Crippen molar-refractivity contribution >= 4 is 13.6 Å². The minimum absolute atomic E-state index is 0.786. The van der Waals surface area contributed by atoms with E-state index in [1.54, 1.807) is 0 Å². The second-order valence-electron chi connectivity index (χ2n) is 2.53. The number of hydrogen-bond donors (Lipinski definition) is 1. The summed E-state index contributed by atoms with van der Waals surface area (Å²) in [6.07, 6.45) is 1.01. The molecule has 0 aliphatic carbocycles. The molecule has 1 aromatic rings. The van der Waals surface area contributed by atoms with Crippen LogP contribution in [0.2, 0.25) is 0 Å². The second kappa shape index (κ2) is 2.13. The molecule has 0 aromatic carbocycles. The Hall–Kier alpha value is -0.765. The Kier molecular flexibility index (Phi) is 1.27. The van der Waals surface area contributed by atoms with E-state index in [4.69, 9.17) is 4.42 Å². The molecular formula is C6H9BN2O. The third kappa shape index (κ3) is 0.846. The smallest absolute Gasteiger partial charge is 0.212 e. The van der Waals surface area contributed by atoms with E-state index < -0.39 is 0 Å². The molecule has 2 heterocycles. The number of nitrogens with zero attached hydrogens (tertiary/aromatic N) is 1. The Morgan fingerprint density at radius 3 is 3.30 bits per heavy atom. The molecule has 0 amide bonds. The number of oxazole rings is 1. The standard InChI is InChI=1S/C6H9BN2O/c7-6-9-4-1-2-8-3-5(4)10-6/h8H,1-3,7H2. The highest BCUT2D eigenvalue weighted by Gasteiger charge is 2.13. The van der Waals surface area contributed by atoms with E-state index in [1.165, 1.54) is 0 Å². The quantitative estimate of drug-likeness (QED) is 0.444. The normalized spacial score (nSPS) is 16.8. The van der Waals surface area contributed by atoms with Gasteiger partial charge < -0.3 is 9.73 Å². The molecule has 0 bridgehead atoms. The van der Waals surface area contributed by atoms with E-state index in [-0.39, 0.29) is 0 Å². The summed E-state index contributed by atoms with van der Waals surface area (Å²) in [5.41, 5.74) is 1.14. The molecule has 0 saturated heterocycles. The van der Waals surface area contributed by atoms with Crippen molar-refractivity contribution in [2.24, 2.45) is 0 Å². The fraction of sp³-hybridized carbons (Fsp3) is 0.500. The molecule has 1 aliphatic rings. The monoisotopic (exact) mass is 136 g/mol. The molecular weight excluding hydrogens is 127 g/mol. The maximum atomic E-state index is 5.33. The van der Waals surface area contributed by atoms with Crippen molar-refractivity contribution in [2.75, 3.05) is 6.54 Å². The predicted octanol–water partition coefficient (Wildman–Crippen LogP) is -1.42. The minimum atomic E-state index is 0.786. The highest BCUT2D eigenvalue weighted by molar-refractivity contribution is 6.28. The SMILES string of the molecule is Bc1nc2c(o1)CNCC2. The van der Waals surface area contributed by atoms with Gasteiger partial charge in [-0.05, 0) is 0 Å². The molecule has 0 radical (unpaired) electrons. The molecule has 1 aromatic heterocycles. The van der Waals surface area contributed by atoms with Gasteiger partial charge in [0.2, 0.25) is 7.85 Å². The molecule has 4 heteroatoms. The van der Waals surface area contributed by atoms with Crippen molar-refractivity contribution in [3.05, 3.63) is 11.5 Å². The zero-order valence-electron chi connectivity index (χ0n) is 5.98. The first-order valence-electron chi connectivity index (χ1n) is 3.52. The molecule has 0 saturated carbocycles. The molecule has 3 nitrogen and oxygen atoms in total. The molecule has 1 N–H and O–H groups in total. The van der Waals surface area contributed by atoms with Crippen LogP contribution in [0, 0.1) is 0 Å². The highest BCUT2D eigenvalue weighted by Crippen LogP contribution is 2.08. The van der Waals surface area contributed by atoms with Crippen LogP contribution < -0.4 is 11.1 Å². The van der Waals surface area contributed by atoms with Crippen molar-refractivity contribution in [2.45, 2.75) is 13.0 Å². The lowest BCUT2D eigenvalue weighted by molar-refractivity contribution is 0.481. The molecule has 0 fully saturated rings. The van der Waals surface area contributed by atoms with Gasteiger partial charge in [-0.25, -0.2) is 4.98 Å². The summed E-state index contributed by atoms with van der Waals surface area (Å²) in [5.74, 6) is 1.80. The van der Waals surface area contributed by atoms with Gasteiger partial charge in [-0.2, -0.15) is 0 Å². The van der Waals surface area contributed by atoms with Crippen LogP contribution in [0.3, 0.4) is 0 Å². The van der Waals surface area contributed by atoms with Crippen LogP contribution in [-0.4, -0.2) is 19.4 Å². The zero-order chi connectivity index (χ0) is 6.97. The fourth-order valence-electron chi connectivity index (χ4n) is 1.25. The van der Waals surface area contributed by atoms with Crippen LogP contribution in [0.15, 0.2) is 4.42 Å². The number of hydrogen-bond acceptors (Lipinski definition) is 3. The van der Waals surface area contributed by atoms with Crippen molar-refractivity contribution < 1.29 is 4.42 Å². The zero-order valence-corrected chi connectivity index (χ0v) is 5.98. The Bertz CT molecular complexity index is 222. The Balaban J connectivity index is 2.41. The Morgan fingerprint density at radius 2 is 2.50 bits per heavy atom. The predicted molar refractivity (Wildman–Crippen MR) is 40.1 cm³/mol. The van der Waals surface area contributed by atoms with E-state index in [1.807, 2.05) is 7.85 Å². The lowest BCUT2D eigenvalue weighted by Crippen LogP contribution is -2.22. The molecule has 52 valence electrons. The lowest BCUT2D eigenvalue weighted by atomic mass is 10.2. The van der Waals surface area contributed by atoms with Gasteiger partial charge in [0.25, 0.3) is 0 Å². The number of nitrogens with one attached hydrogen (secondary N) is 1. The largest absolute Gasteiger partial charge is 0.455 e. The number of aromatic nitrogens is 1. The van der Waals surface area contributed by atoms with Gasteiger partial charge >= 0.3 is 0 Å². The van der Waals surface area contributed by atoms with Gasteiger partial charge in [0.1, 0.15) is 11.6 Å². The number of fused-ring (bicyclic) bond motifs is 1. The van der Waals surface area contributed by atoms with Gasteiger partial charge in [0.15, 0.2) is 0 Å². The molecule has 0 spiro atoms. The summed E-state index contributed by atoms with van der Waals surface area (Å²) >= 11 is 0. The van der Waals surface area contributed by atoms with Crippen LogP contribution in [0.4, 0.5) is 0 Å². The maximum absolute atomic E-state index is 5.33. The van der Waals surface area contributed by atoms with E-state index >= 15 is 0 Å². The summed E-state index contributed by atoms with van der Waals surface area (Å²) < 4.78 is 5.33. The van der Waals surface area contributed by atoms with Gasteiger partial charge in [-0.1, -0.05) is 0 Å². The topological polar surface area (TPSA) is 38.1 Å². The highest BCUT2D eigenvalue weighted by atomic mass is 16.3. The Labute approximate surface area is 60.2 Å². The fourth-order valence-corrected chi connectivity index (χ4v) is 1.25. The summed E-state index contributed by atoms with van der Waals surface area (Å²) in [5, 5.41) is 3.22. The van der Waals surface area contributed by atoms with Crippen LogP contribution in [-0.2, 0) is 13.0 Å². The minimum Gasteiger partial charge on any atom is -0.455 e. The van der Waals surface area contributed by atoms with Gasteiger partial charge in [0.05, 0.1) is 12.2 Å². The van der Waals surface area contributed by atoms with E-state index in [9.17, 15) is 0 Å². The third-order valence-electron chi connectivity index (χ3n) is 1.71. The molecule has 0 unspecified atom stereocenters. The van der Waals surface area contributed by atoms with Crippen LogP contribution in [0.25, 0.3) is 0 Å². The van der Waals surface area contributed by atoms with Crippen LogP contribution in [0.1, 0.15) is 11.5 Å². The maximum Gasteiger partial charge on any atom is 0.212 e.